The van der Waals surface area contributed by atoms with E-state index in [4.69, 9.17) is 0 Å². The average molecular weight is 139 g/mol. The number of hydrogen-bond acceptors (Lipinski definition) is 3. The summed E-state index contributed by atoms with van der Waals surface area (Å²) < 4.78 is 0. The molecule has 1 fully saturated rings. The SMILES string of the molecule is CCN1CNN=C1C1CC1. The van der Waals surface area contributed by atoms with E-state index in [1.165, 1.54) is 18.7 Å². The maximum absolute atomic E-state index is 4.24. The van der Waals surface area contributed by atoms with Gasteiger partial charge in [0.2, 0.25) is 0 Å². The molecule has 0 bridgehead atoms. The standard InChI is InChI=1S/C7H13N3/c1-2-10-5-8-9-7(10)6-3-4-6/h6,8H,2-5H2,1H3. The second-order valence-electron chi connectivity index (χ2n) is 2.92. The van der Waals surface area contributed by atoms with Crippen molar-refractivity contribution in [1.29, 1.82) is 0 Å². The minimum absolute atomic E-state index is 0.787. The van der Waals surface area contributed by atoms with E-state index < -0.39 is 0 Å². The molecule has 2 aliphatic rings. The highest BCUT2D eigenvalue weighted by Crippen LogP contribution is 2.32. The molecule has 0 spiro atoms. The molecule has 2 rings (SSSR count). The molecule has 1 aliphatic carbocycles. The molecule has 1 heterocycles. The van der Waals surface area contributed by atoms with Gasteiger partial charge in [0.1, 0.15) is 12.5 Å². The van der Waals surface area contributed by atoms with Gasteiger partial charge < -0.3 is 4.90 Å². The fraction of sp³-hybridized carbons (Fsp3) is 0.857. The van der Waals surface area contributed by atoms with Gasteiger partial charge in [-0.2, -0.15) is 5.10 Å². The van der Waals surface area contributed by atoms with E-state index in [-0.39, 0.29) is 0 Å². The zero-order valence-electron chi connectivity index (χ0n) is 6.30. The van der Waals surface area contributed by atoms with Gasteiger partial charge in [0, 0.05) is 12.5 Å². The highest BCUT2D eigenvalue weighted by Gasteiger charge is 2.32. The molecular formula is C7H13N3. The van der Waals surface area contributed by atoms with Crippen LogP contribution in [0.3, 0.4) is 0 Å². The Balaban J connectivity index is 2.02. The van der Waals surface area contributed by atoms with Crippen molar-refractivity contribution in [2.24, 2.45) is 11.0 Å². The lowest BCUT2D eigenvalue weighted by Gasteiger charge is -2.15. The van der Waals surface area contributed by atoms with Gasteiger partial charge in [-0.05, 0) is 19.8 Å². The smallest absolute Gasteiger partial charge is 0.129 e. The molecule has 1 aliphatic heterocycles. The van der Waals surface area contributed by atoms with Crippen molar-refractivity contribution >= 4 is 5.84 Å². The van der Waals surface area contributed by atoms with Crippen molar-refractivity contribution < 1.29 is 0 Å². The van der Waals surface area contributed by atoms with Crippen LogP contribution in [0.25, 0.3) is 0 Å². The van der Waals surface area contributed by atoms with Crippen molar-refractivity contribution in [3.63, 3.8) is 0 Å². The third kappa shape index (κ3) is 0.856. The first kappa shape index (κ1) is 6.01. The van der Waals surface area contributed by atoms with Crippen molar-refractivity contribution in [2.45, 2.75) is 19.8 Å². The molecule has 56 valence electrons. The first-order valence-electron chi connectivity index (χ1n) is 3.97. The topological polar surface area (TPSA) is 27.6 Å². The van der Waals surface area contributed by atoms with Crippen LogP contribution in [-0.4, -0.2) is 23.9 Å². The van der Waals surface area contributed by atoms with Crippen molar-refractivity contribution in [2.75, 3.05) is 13.2 Å². The Bertz CT molecular complexity index is 160. The van der Waals surface area contributed by atoms with Gasteiger partial charge in [0.25, 0.3) is 0 Å². The van der Waals surface area contributed by atoms with Gasteiger partial charge in [0.15, 0.2) is 0 Å². The molecule has 0 aromatic heterocycles. The largest absolute Gasteiger partial charge is 0.340 e. The lowest BCUT2D eigenvalue weighted by molar-refractivity contribution is 0.438. The lowest BCUT2D eigenvalue weighted by atomic mass is 10.3. The van der Waals surface area contributed by atoms with E-state index in [0.717, 1.165) is 19.1 Å². The van der Waals surface area contributed by atoms with Gasteiger partial charge in [0.05, 0.1) is 0 Å². The maximum atomic E-state index is 4.24. The predicted octanol–water partition coefficient (Wildman–Crippen LogP) is 0.592. The quantitative estimate of drug-likeness (QED) is 0.606. The number of hydrogen-bond donors (Lipinski definition) is 1. The van der Waals surface area contributed by atoms with E-state index in [0.29, 0.717) is 0 Å². The van der Waals surface area contributed by atoms with E-state index in [1.54, 1.807) is 0 Å². The Labute approximate surface area is 61.1 Å². The fourth-order valence-corrected chi connectivity index (χ4v) is 1.32. The van der Waals surface area contributed by atoms with Crippen LogP contribution in [0.1, 0.15) is 19.8 Å². The predicted molar refractivity (Wildman–Crippen MR) is 40.5 cm³/mol. The van der Waals surface area contributed by atoms with Gasteiger partial charge in [-0.15, -0.1) is 0 Å². The minimum atomic E-state index is 0.787. The van der Waals surface area contributed by atoms with Crippen molar-refractivity contribution in [3.8, 4) is 0 Å². The summed E-state index contributed by atoms with van der Waals surface area (Å²) in [6, 6.07) is 0. The van der Waals surface area contributed by atoms with E-state index >= 15 is 0 Å². The molecule has 3 nitrogen and oxygen atoms in total. The normalized spacial score (nSPS) is 24.5. The number of rotatable bonds is 2. The summed E-state index contributed by atoms with van der Waals surface area (Å²) >= 11 is 0. The summed E-state index contributed by atoms with van der Waals surface area (Å²) in [5.41, 5.74) is 3.01. The number of nitrogens with one attached hydrogen (secondary N) is 1. The number of nitrogens with zero attached hydrogens (tertiary/aromatic N) is 2. The Morgan fingerprint density at radius 1 is 1.70 bits per heavy atom. The van der Waals surface area contributed by atoms with Crippen LogP contribution in [-0.2, 0) is 0 Å². The molecule has 0 amide bonds. The molecule has 0 atom stereocenters. The maximum Gasteiger partial charge on any atom is 0.129 e. The highest BCUT2D eigenvalue weighted by atomic mass is 15.5. The molecule has 0 unspecified atom stereocenters. The molecular weight excluding hydrogens is 126 g/mol. The minimum Gasteiger partial charge on any atom is -0.340 e. The first-order chi connectivity index (χ1) is 4.92. The molecule has 0 aromatic carbocycles. The summed E-state index contributed by atoms with van der Waals surface area (Å²) in [4.78, 5) is 2.30. The third-order valence-electron chi connectivity index (χ3n) is 2.10. The van der Waals surface area contributed by atoms with Crippen LogP contribution >= 0.6 is 0 Å². The van der Waals surface area contributed by atoms with Crippen LogP contribution in [0.5, 0.6) is 0 Å². The van der Waals surface area contributed by atoms with Gasteiger partial charge in [-0.1, -0.05) is 0 Å². The summed E-state index contributed by atoms with van der Waals surface area (Å²) in [6.07, 6.45) is 2.69. The molecule has 3 heteroatoms. The molecule has 1 N–H and O–H groups in total. The number of hydrazone groups is 1. The zero-order chi connectivity index (χ0) is 6.97. The van der Waals surface area contributed by atoms with Crippen LogP contribution in [0.4, 0.5) is 0 Å². The van der Waals surface area contributed by atoms with E-state index in [1.807, 2.05) is 0 Å². The Morgan fingerprint density at radius 2 is 2.50 bits per heavy atom. The highest BCUT2D eigenvalue weighted by molar-refractivity contribution is 5.87. The third-order valence-corrected chi connectivity index (χ3v) is 2.10. The lowest BCUT2D eigenvalue weighted by Crippen LogP contribution is -2.30. The Morgan fingerprint density at radius 3 is 3.10 bits per heavy atom. The Hall–Kier alpha value is -0.730. The molecule has 0 radical (unpaired) electrons. The van der Waals surface area contributed by atoms with Crippen LogP contribution in [0, 0.1) is 5.92 Å². The van der Waals surface area contributed by atoms with E-state index in [2.05, 4.69) is 22.4 Å². The zero-order valence-corrected chi connectivity index (χ0v) is 6.30. The van der Waals surface area contributed by atoms with Gasteiger partial charge in [-0.3, -0.25) is 5.43 Å². The second-order valence-corrected chi connectivity index (χ2v) is 2.92. The van der Waals surface area contributed by atoms with Gasteiger partial charge in [-0.25, -0.2) is 0 Å². The summed E-state index contributed by atoms with van der Waals surface area (Å²) in [5.74, 6) is 2.08. The van der Waals surface area contributed by atoms with E-state index in [9.17, 15) is 0 Å². The number of amidine groups is 1. The van der Waals surface area contributed by atoms with Crippen molar-refractivity contribution in [3.05, 3.63) is 0 Å². The summed E-state index contributed by atoms with van der Waals surface area (Å²) in [7, 11) is 0. The Kier molecular flexibility index (Phi) is 1.29. The molecule has 0 saturated heterocycles. The fourth-order valence-electron chi connectivity index (χ4n) is 1.32. The summed E-state index contributed by atoms with van der Waals surface area (Å²) in [5, 5.41) is 4.24. The van der Waals surface area contributed by atoms with Gasteiger partial charge >= 0.3 is 0 Å². The van der Waals surface area contributed by atoms with Crippen LogP contribution in [0.15, 0.2) is 5.10 Å². The molecule has 1 saturated carbocycles. The molecule has 10 heavy (non-hydrogen) atoms. The summed E-state index contributed by atoms with van der Waals surface area (Å²) in [6.45, 7) is 4.18. The molecule has 0 aromatic rings. The average Bonchev–Trinajstić information content (AvgIpc) is 2.69. The first-order valence-corrected chi connectivity index (χ1v) is 3.97. The van der Waals surface area contributed by atoms with Crippen molar-refractivity contribution in [1.82, 2.24) is 10.3 Å². The van der Waals surface area contributed by atoms with Crippen LogP contribution in [0.2, 0.25) is 0 Å². The monoisotopic (exact) mass is 139 g/mol. The second kappa shape index (κ2) is 2.15. The van der Waals surface area contributed by atoms with Crippen LogP contribution < -0.4 is 5.43 Å².